The van der Waals surface area contributed by atoms with Gasteiger partial charge < -0.3 is 15.1 Å². The number of hydrogen-bond donors (Lipinski definition) is 1. The van der Waals surface area contributed by atoms with Crippen LogP contribution in [0, 0.1) is 5.92 Å². The molecule has 0 radical (unpaired) electrons. The second-order valence-corrected chi connectivity index (χ2v) is 6.20. The Morgan fingerprint density at radius 2 is 1.71 bits per heavy atom. The van der Waals surface area contributed by atoms with Gasteiger partial charge in [0.25, 0.3) is 0 Å². The van der Waals surface area contributed by atoms with E-state index in [4.69, 9.17) is 0 Å². The molecule has 2 rings (SSSR count). The molecule has 2 fully saturated rings. The molecule has 1 N–H and O–H groups in total. The van der Waals surface area contributed by atoms with E-state index in [1.165, 1.54) is 51.9 Å². The van der Waals surface area contributed by atoms with Crippen molar-refractivity contribution in [3.63, 3.8) is 0 Å². The quantitative estimate of drug-likeness (QED) is 0.803. The molecule has 0 amide bonds. The van der Waals surface area contributed by atoms with E-state index in [1.807, 2.05) is 0 Å². The number of hydrogen-bond acceptors (Lipinski definition) is 3. The number of nitrogens with zero attached hydrogens (tertiary/aromatic N) is 2. The van der Waals surface area contributed by atoms with Crippen LogP contribution >= 0.6 is 0 Å². The van der Waals surface area contributed by atoms with Crippen molar-refractivity contribution < 1.29 is 0 Å². The first-order valence-corrected chi connectivity index (χ1v) is 7.28. The Hall–Kier alpha value is -0.120. The first-order chi connectivity index (χ1) is 8.15. The lowest BCUT2D eigenvalue weighted by molar-refractivity contribution is 0.162. The highest BCUT2D eigenvalue weighted by Crippen LogP contribution is 2.21. The lowest BCUT2D eigenvalue weighted by atomic mass is 9.89. The van der Waals surface area contributed by atoms with Crippen molar-refractivity contribution in [1.29, 1.82) is 0 Å². The average molecular weight is 239 g/mol. The number of likely N-dealkylation sites (tertiary alicyclic amines) is 2. The fraction of sp³-hybridized carbons (Fsp3) is 1.00. The Bertz CT molecular complexity index is 224. The second-order valence-electron chi connectivity index (χ2n) is 6.20. The highest BCUT2D eigenvalue weighted by atomic mass is 15.1. The molecule has 2 unspecified atom stereocenters. The standard InChI is InChI=1S/C14H29N3/c1-12(13-6-9-16(2)10-7-13)15-14-5-4-8-17(3)11-14/h12-15H,4-11H2,1-3H3. The van der Waals surface area contributed by atoms with Crippen LogP contribution in [-0.2, 0) is 0 Å². The molecule has 2 heterocycles. The zero-order valence-electron chi connectivity index (χ0n) is 11.8. The number of rotatable bonds is 3. The van der Waals surface area contributed by atoms with Crippen molar-refractivity contribution in [3.05, 3.63) is 0 Å². The van der Waals surface area contributed by atoms with Gasteiger partial charge in [-0.2, -0.15) is 0 Å². The van der Waals surface area contributed by atoms with E-state index in [1.54, 1.807) is 0 Å². The summed E-state index contributed by atoms with van der Waals surface area (Å²) in [5.41, 5.74) is 0. The van der Waals surface area contributed by atoms with Crippen molar-refractivity contribution in [2.75, 3.05) is 40.3 Å². The van der Waals surface area contributed by atoms with Crippen LogP contribution in [-0.4, -0.2) is 62.2 Å². The van der Waals surface area contributed by atoms with Crippen molar-refractivity contribution in [3.8, 4) is 0 Å². The monoisotopic (exact) mass is 239 g/mol. The molecule has 3 heteroatoms. The van der Waals surface area contributed by atoms with Gasteiger partial charge >= 0.3 is 0 Å². The minimum Gasteiger partial charge on any atom is -0.310 e. The van der Waals surface area contributed by atoms with Gasteiger partial charge in [0.15, 0.2) is 0 Å². The van der Waals surface area contributed by atoms with E-state index in [2.05, 4.69) is 36.1 Å². The molecule has 0 spiro atoms. The van der Waals surface area contributed by atoms with Gasteiger partial charge in [0.05, 0.1) is 0 Å². The molecule has 0 aromatic heterocycles. The second kappa shape index (κ2) is 6.17. The van der Waals surface area contributed by atoms with Crippen LogP contribution in [0.5, 0.6) is 0 Å². The third-order valence-corrected chi connectivity index (χ3v) is 4.59. The van der Waals surface area contributed by atoms with Crippen LogP contribution in [0.25, 0.3) is 0 Å². The fourth-order valence-corrected chi connectivity index (χ4v) is 3.34. The normalized spacial score (nSPS) is 31.6. The van der Waals surface area contributed by atoms with Crippen molar-refractivity contribution in [2.45, 2.75) is 44.7 Å². The third kappa shape index (κ3) is 3.94. The van der Waals surface area contributed by atoms with Gasteiger partial charge in [0.2, 0.25) is 0 Å². The molecular formula is C14H29N3. The largest absolute Gasteiger partial charge is 0.310 e. The molecule has 0 aromatic rings. The van der Waals surface area contributed by atoms with Crippen molar-refractivity contribution >= 4 is 0 Å². The SMILES string of the molecule is CC(NC1CCCN(C)C1)C1CCN(C)CC1. The number of nitrogens with one attached hydrogen (secondary N) is 1. The van der Waals surface area contributed by atoms with Crippen LogP contribution in [0.3, 0.4) is 0 Å². The molecule has 0 aliphatic carbocycles. The third-order valence-electron chi connectivity index (χ3n) is 4.59. The van der Waals surface area contributed by atoms with E-state index < -0.39 is 0 Å². The summed E-state index contributed by atoms with van der Waals surface area (Å²) in [7, 11) is 4.48. The lowest BCUT2D eigenvalue weighted by Gasteiger charge is -2.37. The zero-order valence-corrected chi connectivity index (χ0v) is 11.8. The van der Waals surface area contributed by atoms with E-state index in [9.17, 15) is 0 Å². The van der Waals surface area contributed by atoms with E-state index >= 15 is 0 Å². The summed E-state index contributed by atoms with van der Waals surface area (Å²) in [6.07, 6.45) is 5.45. The summed E-state index contributed by atoms with van der Waals surface area (Å²) in [5.74, 6) is 0.887. The molecule has 2 saturated heterocycles. The topological polar surface area (TPSA) is 18.5 Å². The molecule has 100 valence electrons. The summed E-state index contributed by atoms with van der Waals surface area (Å²) in [4.78, 5) is 4.92. The number of piperidine rings is 2. The van der Waals surface area contributed by atoms with Crippen LogP contribution in [0.2, 0.25) is 0 Å². The molecular weight excluding hydrogens is 210 g/mol. The van der Waals surface area contributed by atoms with E-state index in [0.29, 0.717) is 6.04 Å². The maximum Gasteiger partial charge on any atom is 0.0197 e. The van der Waals surface area contributed by atoms with Gasteiger partial charge in [0, 0.05) is 18.6 Å². The van der Waals surface area contributed by atoms with Gasteiger partial charge in [-0.05, 0) is 72.3 Å². The molecule has 2 atom stereocenters. The Morgan fingerprint density at radius 3 is 2.35 bits per heavy atom. The average Bonchev–Trinajstić information content (AvgIpc) is 2.29. The number of likely N-dealkylation sites (N-methyl/N-ethyl adjacent to an activating group) is 1. The lowest BCUT2D eigenvalue weighted by Crippen LogP contribution is -2.50. The highest BCUT2D eigenvalue weighted by molar-refractivity contribution is 4.84. The van der Waals surface area contributed by atoms with E-state index in [0.717, 1.165) is 12.0 Å². The highest BCUT2D eigenvalue weighted by Gasteiger charge is 2.25. The smallest absolute Gasteiger partial charge is 0.0197 e. The predicted molar refractivity (Wildman–Crippen MR) is 73.3 cm³/mol. The Kier molecular flexibility index (Phi) is 4.83. The zero-order chi connectivity index (χ0) is 12.3. The first-order valence-electron chi connectivity index (χ1n) is 7.28. The molecule has 0 saturated carbocycles. The summed E-state index contributed by atoms with van der Waals surface area (Å²) in [6.45, 7) is 7.46. The summed E-state index contributed by atoms with van der Waals surface area (Å²) in [5, 5.41) is 3.87. The Balaban J connectivity index is 1.74. The van der Waals surface area contributed by atoms with Crippen molar-refractivity contribution in [2.24, 2.45) is 5.92 Å². The van der Waals surface area contributed by atoms with Gasteiger partial charge in [0.1, 0.15) is 0 Å². The van der Waals surface area contributed by atoms with E-state index in [-0.39, 0.29) is 0 Å². The predicted octanol–water partition coefficient (Wildman–Crippen LogP) is 1.40. The molecule has 2 aliphatic heterocycles. The van der Waals surface area contributed by atoms with Crippen LogP contribution in [0.15, 0.2) is 0 Å². The summed E-state index contributed by atoms with van der Waals surface area (Å²) >= 11 is 0. The summed E-state index contributed by atoms with van der Waals surface area (Å²) in [6, 6.07) is 1.42. The summed E-state index contributed by atoms with van der Waals surface area (Å²) < 4.78 is 0. The maximum atomic E-state index is 3.87. The van der Waals surface area contributed by atoms with Gasteiger partial charge in [-0.25, -0.2) is 0 Å². The van der Waals surface area contributed by atoms with Crippen LogP contribution in [0.1, 0.15) is 32.6 Å². The molecule has 0 aromatic carbocycles. The van der Waals surface area contributed by atoms with Crippen LogP contribution in [0.4, 0.5) is 0 Å². The molecule has 2 aliphatic rings. The fourth-order valence-electron chi connectivity index (χ4n) is 3.34. The maximum absolute atomic E-state index is 3.87. The Labute approximate surface area is 107 Å². The molecule has 17 heavy (non-hydrogen) atoms. The molecule has 0 bridgehead atoms. The van der Waals surface area contributed by atoms with Gasteiger partial charge in [-0.1, -0.05) is 0 Å². The molecule has 3 nitrogen and oxygen atoms in total. The minimum absolute atomic E-state index is 0.695. The minimum atomic E-state index is 0.695. The van der Waals surface area contributed by atoms with Gasteiger partial charge in [-0.3, -0.25) is 0 Å². The van der Waals surface area contributed by atoms with Crippen molar-refractivity contribution in [1.82, 2.24) is 15.1 Å². The van der Waals surface area contributed by atoms with Crippen LogP contribution < -0.4 is 5.32 Å². The van der Waals surface area contributed by atoms with Gasteiger partial charge in [-0.15, -0.1) is 0 Å². The Morgan fingerprint density at radius 1 is 1.00 bits per heavy atom. The first kappa shape index (κ1) is 13.3.